The number of carbonyl (C=O) groups excluding carboxylic acids is 3. The smallest absolute Gasteiger partial charge is 0.329 e. The van der Waals surface area contributed by atoms with Gasteiger partial charge in [0.1, 0.15) is 24.6 Å². The Labute approximate surface area is 239 Å². The summed E-state index contributed by atoms with van der Waals surface area (Å²) < 4.78 is 17.3. The Morgan fingerprint density at radius 3 is 2.51 bits per heavy atom. The van der Waals surface area contributed by atoms with Crippen molar-refractivity contribution in [2.45, 2.75) is 26.9 Å². The highest BCUT2D eigenvalue weighted by atomic mass is 16.5. The van der Waals surface area contributed by atoms with Crippen molar-refractivity contribution in [2.75, 3.05) is 25.6 Å². The monoisotopic (exact) mass is 555 g/mol. The third-order valence-electron chi connectivity index (χ3n) is 6.28. The number of nitrogens with zero attached hydrogens (tertiary/aromatic N) is 1. The third kappa shape index (κ3) is 7.13. The zero-order chi connectivity index (χ0) is 29.4. The number of benzene rings is 3. The Bertz CT molecular complexity index is 1480. The van der Waals surface area contributed by atoms with E-state index in [1.54, 1.807) is 42.5 Å². The predicted molar refractivity (Wildman–Crippen MR) is 157 cm³/mol. The topological polar surface area (TPSA) is 106 Å². The van der Waals surface area contributed by atoms with Gasteiger partial charge in [-0.05, 0) is 61.7 Å². The van der Waals surface area contributed by atoms with Gasteiger partial charge in [0.2, 0.25) is 5.91 Å². The van der Waals surface area contributed by atoms with Crippen LogP contribution in [0.4, 0.5) is 10.5 Å². The molecule has 2 N–H and O–H groups in total. The number of urea groups is 1. The number of para-hydroxylation sites is 2. The highest BCUT2D eigenvalue weighted by Crippen LogP contribution is 2.35. The van der Waals surface area contributed by atoms with Crippen LogP contribution in [0.3, 0.4) is 0 Å². The number of allylic oxidation sites excluding steroid dienone is 1. The van der Waals surface area contributed by atoms with Gasteiger partial charge >= 0.3 is 6.03 Å². The second-order valence-corrected chi connectivity index (χ2v) is 9.34. The van der Waals surface area contributed by atoms with Gasteiger partial charge in [-0.3, -0.25) is 9.59 Å². The molecule has 0 radical (unpaired) electrons. The van der Waals surface area contributed by atoms with Gasteiger partial charge in [-0.1, -0.05) is 48.0 Å². The molecule has 0 saturated carbocycles. The zero-order valence-electron chi connectivity index (χ0n) is 23.4. The molecule has 1 heterocycles. The molecule has 9 nitrogen and oxygen atoms in total. The third-order valence-corrected chi connectivity index (χ3v) is 6.28. The molecule has 1 aliphatic rings. The molecule has 9 heteroatoms. The van der Waals surface area contributed by atoms with Crippen LogP contribution in [0, 0.1) is 6.92 Å². The number of methoxy groups -OCH3 is 1. The van der Waals surface area contributed by atoms with Crippen molar-refractivity contribution in [1.29, 1.82) is 0 Å². The lowest BCUT2D eigenvalue weighted by Gasteiger charge is -2.17. The van der Waals surface area contributed by atoms with E-state index in [2.05, 4.69) is 17.2 Å². The van der Waals surface area contributed by atoms with E-state index >= 15 is 0 Å². The van der Waals surface area contributed by atoms with E-state index in [0.29, 0.717) is 48.1 Å². The van der Waals surface area contributed by atoms with Gasteiger partial charge < -0.3 is 24.8 Å². The second kappa shape index (κ2) is 13.3. The normalized spacial score (nSPS) is 13.6. The van der Waals surface area contributed by atoms with Crippen LogP contribution >= 0.6 is 0 Å². The largest absolute Gasteiger partial charge is 0.495 e. The summed E-state index contributed by atoms with van der Waals surface area (Å²) in [5, 5.41) is 5.24. The summed E-state index contributed by atoms with van der Waals surface area (Å²) in [5.41, 5.74) is 4.10. The predicted octanol–water partition coefficient (Wildman–Crippen LogP) is 5.24. The van der Waals surface area contributed by atoms with Crippen LogP contribution < -0.4 is 24.8 Å². The fourth-order valence-corrected chi connectivity index (χ4v) is 4.30. The first-order valence-corrected chi connectivity index (χ1v) is 13.2. The van der Waals surface area contributed by atoms with Crippen LogP contribution in [0.25, 0.3) is 6.08 Å². The van der Waals surface area contributed by atoms with E-state index in [1.165, 1.54) is 7.11 Å². The molecule has 4 amide bonds. The molecule has 0 spiro atoms. The van der Waals surface area contributed by atoms with Gasteiger partial charge in [-0.2, -0.15) is 0 Å². The average Bonchev–Trinajstić information content (AvgIpc) is 3.21. The number of hydrogen-bond acceptors (Lipinski definition) is 6. The minimum Gasteiger partial charge on any atom is -0.495 e. The SMILES string of the molecule is C=CCc1cc(/C=C2/NC(=O)N(CC(=O)Nc3ccccc3OC)C2=O)cc(OCC)c1OCc1ccc(C)cc1. The standard InChI is InChI=1S/C32H33N3O6/c1-5-9-24-16-23(18-28(40-6-2)30(24)41-20-22-14-12-21(3)13-15-22)17-26-31(37)35(32(38)34-26)19-29(36)33-25-10-7-8-11-27(25)39-4/h5,7-8,10-18H,1,6,9,19-20H2,2-4H3,(H,33,36)(H,34,38)/b26-17+. The maximum atomic E-state index is 13.1. The summed E-state index contributed by atoms with van der Waals surface area (Å²) >= 11 is 0. The van der Waals surface area contributed by atoms with Gasteiger partial charge in [0.25, 0.3) is 5.91 Å². The van der Waals surface area contributed by atoms with E-state index in [0.717, 1.165) is 21.6 Å². The number of nitrogens with one attached hydrogen (secondary N) is 2. The molecule has 4 rings (SSSR count). The highest BCUT2D eigenvalue weighted by Gasteiger charge is 2.35. The fraction of sp³-hybridized carbons (Fsp3) is 0.219. The Kier molecular flexibility index (Phi) is 9.42. The molecule has 0 unspecified atom stereocenters. The van der Waals surface area contributed by atoms with Crippen LogP contribution in [0.1, 0.15) is 29.2 Å². The zero-order valence-corrected chi connectivity index (χ0v) is 23.4. The molecular weight excluding hydrogens is 522 g/mol. The van der Waals surface area contributed by atoms with Crippen LogP contribution in [-0.4, -0.2) is 43.0 Å². The summed E-state index contributed by atoms with van der Waals surface area (Å²) in [6.07, 6.45) is 3.80. The second-order valence-electron chi connectivity index (χ2n) is 9.34. The molecular formula is C32H33N3O6. The van der Waals surface area contributed by atoms with Gasteiger partial charge in [0.05, 0.1) is 19.4 Å². The first-order valence-electron chi connectivity index (χ1n) is 13.2. The van der Waals surface area contributed by atoms with Gasteiger partial charge in [0, 0.05) is 5.56 Å². The summed E-state index contributed by atoms with van der Waals surface area (Å²) in [7, 11) is 1.49. The molecule has 0 aromatic heterocycles. The number of anilines is 1. The number of imide groups is 1. The lowest BCUT2D eigenvalue weighted by molar-refractivity contribution is -0.127. The van der Waals surface area contributed by atoms with E-state index in [-0.39, 0.29) is 5.70 Å². The van der Waals surface area contributed by atoms with Gasteiger partial charge in [-0.15, -0.1) is 6.58 Å². The van der Waals surface area contributed by atoms with Crippen LogP contribution in [0.2, 0.25) is 0 Å². The van der Waals surface area contributed by atoms with Crippen LogP contribution in [-0.2, 0) is 22.6 Å². The molecule has 1 saturated heterocycles. The first kappa shape index (κ1) is 28.9. The number of carbonyl (C=O) groups is 3. The Hall–Kier alpha value is -5.05. The molecule has 0 bridgehead atoms. The van der Waals surface area contributed by atoms with Crippen molar-refractivity contribution >= 4 is 29.6 Å². The van der Waals surface area contributed by atoms with Gasteiger partial charge in [-0.25, -0.2) is 9.69 Å². The van der Waals surface area contributed by atoms with E-state index in [9.17, 15) is 14.4 Å². The highest BCUT2D eigenvalue weighted by molar-refractivity contribution is 6.16. The molecule has 41 heavy (non-hydrogen) atoms. The number of rotatable bonds is 12. The van der Waals surface area contributed by atoms with Crippen molar-refractivity contribution in [2.24, 2.45) is 0 Å². The Morgan fingerprint density at radius 2 is 1.80 bits per heavy atom. The van der Waals surface area contributed by atoms with E-state index < -0.39 is 24.4 Å². The van der Waals surface area contributed by atoms with Crippen molar-refractivity contribution in [1.82, 2.24) is 10.2 Å². The maximum absolute atomic E-state index is 13.1. The van der Waals surface area contributed by atoms with Crippen molar-refractivity contribution in [3.05, 3.63) is 101 Å². The van der Waals surface area contributed by atoms with Crippen molar-refractivity contribution in [3.63, 3.8) is 0 Å². The quantitative estimate of drug-likeness (QED) is 0.180. The number of ether oxygens (including phenoxy) is 3. The number of aryl methyl sites for hydroxylation is 1. The number of amides is 4. The molecule has 212 valence electrons. The maximum Gasteiger partial charge on any atom is 0.329 e. The molecule has 3 aromatic carbocycles. The molecule has 3 aromatic rings. The lowest BCUT2D eigenvalue weighted by atomic mass is 10.0. The van der Waals surface area contributed by atoms with E-state index in [4.69, 9.17) is 14.2 Å². The summed E-state index contributed by atoms with van der Waals surface area (Å²) in [6, 6.07) is 17.9. The number of hydrogen-bond donors (Lipinski definition) is 2. The summed E-state index contributed by atoms with van der Waals surface area (Å²) in [6.45, 7) is 8.05. The van der Waals surface area contributed by atoms with E-state index in [1.807, 2.05) is 44.2 Å². The summed E-state index contributed by atoms with van der Waals surface area (Å²) in [5.74, 6) is 0.404. The van der Waals surface area contributed by atoms with Crippen LogP contribution in [0.5, 0.6) is 17.2 Å². The average molecular weight is 556 g/mol. The first-order chi connectivity index (χ1) is 19.8. The van der Waals surface area contributed by atoms with Crippen LogP contribution in [0.15, 0.2) is 79.0 Å². The molecule has 0 aliphatic carbocycles. The lowest BCUT2D eigenvalue weighted by Crippen LogP contribution is -2.38. The fourth-order valence-electron chi connectivity index (χ4n) is 4.30. The van der Waals surface area contributed by atoms with Crippen molar-refractivity contribution < 1.29 is 28.6 Å². The Balaban J connectivity index is 1.54. The molecule has 1 fully saturated rings. The molecule has 1 aliphatic heterocycles. The minimum atomic E-state index is -0.689. The van der Waals surface area contributed by atoms with Crippen molar-refractivity contribution in [3.8, 4) is 17.2 Å². The minimum absolute atomic E-state index is 0.0421. The molecule has 0 atom stereocenters. The Morgan fingerprint density at radius 1 is 1.05 bits per heavy atom. The summed E-state index contributed by atoms with van der Waals surface area (Å²) in [4.78, 5) is 39.2. The van der Waals surface area contributed by atoms with Gasteiger partial charge in [0.15, 0.2) is 11.5 Å².